The number of carbonyl (C=O) groups excluding carboxylic acids is 2. The molecule has 124 valence electrons. The Bertz CT molecular complexity index is 667. The highest BCUT2D eigenvalue weighted by molar-refractivity contribution is 6.30. The first-order chi connectivity index (χ1) is 10.7. The van der Waals surface area contributed by atoms with Crippen LogP contribution in [0.15, 0.2) is 18.2 Å². The highest BCUT2D eigenvalue weighted by Crippen LogP contribution is 2.48. The number of rotatable bonds is 4. The zero-order chi connectivity index (χ0) is 16.8. The van der Waals surface area contributed by atoms with Crippen LogP contribution in [-0.2, 0) is 15.8 Å². The molecule has 0 unspecified atom stereocenters. The van der Waals surface area contributed by atoms with Crippen molar-refractivity contribution in [3.05, 3.63) is 28.8 Å². The summed E-state index contributed by atoms with van der Waals surface area (Å²) in [5.74, 6) is -1.11. The predicted molar refractivity (Wildman–Crippen MR) is 77.9 cm³/mol. The van der Waals surface area contributed by atoms with Crippen molar-refractivity contribution in [1.82, 2.24) is 5.32 Å². The Balaban J connectivity index is 1.79. The van der Waals surface area contributed by atoms with Gasteiger partial charge >= 0.3 is 6.18 Å². The van der Waals surface area contributed by atoms with Crippen molar-refractivity contribution in [3.63, 3.8) is 0 Å². The number of carbonyl (C=O) groups is 2. The summed E-state index contributed by atoms with van der Waals surface area (Å²) < 4.78 is 39.1. The predicted octanol–water partition coefficient (Wildman–Crippen LogP) is 3.36. The van der Waals surface area contributed by atoms with Gasteiger partial charge in [-0.3, -0.25) is 9.59 Å². The van der Waals surface area contributed by atoms with Crippen LogP contribution in [0, 0.1) is 5.41 Å². The number of hydrogen-bond acceptors (Lipinski definition) is 2. The molecule has 0 saturated heterocycles. The molecule has 2 amide bonds. The first-order valence-electron chi connectivity index (χ1n) is 7.21. The molecular formula is C15H14ClF3N2O2. The fourth-order valence-electron chi connectivity index (χ4n) is 2.34. The van der Waals surface area contributed by atoms with Gasteiger partial charge in [0.1, 0.15) is 5.41 Å². The van der Waals surface area contributed by atoms with Crippen LogP contribution in [0.4, 0.5) is 18.9 Å². The Morgan fingerprint density at radius 2 is 1.83 bits per heavy atom. The molecule has 8 heteroatoms. The normalized spacial score (nSPS) is 19.1. The summed E-state index contributed by atoms with van der Waals surface area (Å²) in [6, 6.07) is 3.20. The third-order valence-electron chi connectivity index (χ3n) is 4.07. The maximum absolute atomic E-state index is 13.0. The van der Waals surface area contributed by atoms with Gasteiger partial charge in [0.15, 0.2) is 0 Å². The van der Waals surface area contributed by atoms with Gasteiger partial charge < -0.3 is 10.6 Å². The van der Waals surface area contributed by atoms with Gasteiger partial charge in [0.05, 0.1) is 11.3 Å². The molecule has 2 aliphatic carbocycles. The molecule has 2 saturated carbocycles. The lowest BCUT2D eigenvalue weighted by molar-refractivity contribution is -0.137. The summed E-state index contributed by atoms with van der Waals surface area (Å²) in [6.07, 6.45) is -2.23. The standard InChI is InChI=1S/C15H14ClF3N2O2/c16-8-1-4-11(10(7-8)15(17,18)19)21-13(23)14(5-6-14)12(22)20-9-2-3-9/h1,4,7,9H,2-3,5-6H2,(H,20,22)(H,21,23). The van der Waals surface area contributed by atoms with Crippen molar-refractivity contribution >= 4 is 29.1 Å². The molecule has 23 heavy (non-hydrogen) atoms. The summed E-state index contributed by atoms with van der Waals surface area (Å²) in [5, 5.41) is 4.90. The second-order valence-electron chi connectivity index (χ2n) is 5.97. The van der Waals surface area contributed by atoms with Crippen molar-refractivity contribution < 1.29 is 22.8 Å². The smallest absolute Gasteiger partial charge is 0.352 e. The van der Waals surface area contributed by atoms with E-state index in [4.69, 9.17) is 11.6 Å². The van der Waals surface area contributed by atoms with E-state index in [-0.39, 0.29) is 11.1 Å². The van der Waals surface area contributed by atoms with E-state index in [1.165, 1.54) is 6.07 Å². The summed E-state index contributed by atoms with van der Waals surface area (Å²) in [5.41, 5.74) is -2.67. The molecule has 0 atom stereocenters. The summed E-state index contributed by atoms with van der Waals surface area (Å²) in [6.45, 7) is 0. The van der Waals surface area contributed by atoms with Crippen molar-refractivity contribution in [1.29, 1.82) is 0 Å². The zero-order valence-corrected chi connectivity index (χ0v) is 12.7. The average molecular weight is 347 g/mol. The van der Waals surface area contributed by atoms with E-state index in [0.29, 0.717) is 12.8 Å². The lowest BCUT2D eigenvalue weighted by Crippen LogP contribution is -2.41. The Morgan fingerprint density at radius 1 is 1.17 bits per heavy atom. The van der Waals surface area contributed by atoms with Crippen molar-refractivity contribution in [2.45, 2.75) is 37.9 Å². The number of hydrogen-bond donors (Lipinski definition) is 2. The SMILES string of the molecule is O=C(Nc1ccc(Cl)cc1C(F)(F)F)C1(C(=O)NC2CC2)CC1. The van der Waals surface area contributed by atoms with E-state index in [1.54, 1.807) is 0 Å². The van der Waals surface area contributed by atoms with E-state index in [0.717, 1.165) is 25.0 Å². The molecule has 0 aromatic heterocycles. The van der Waals surface area contributed by atoms with E-state index >= 15 is 0 Å². The minimum absolute atomic E-state index is 0.0806. The van der Waals surface area contributed by atoms with Gasteiger partial charge in [-0.2, -0.15) is 13.2 Å². The van der Waals surface area contributed by atoms with E-state index in [9.17, 15) is 22.8 Å². The van der Waals surface area contributed by atoms with E-state index in [1.807, 2.05) is 0 Å². The van der Waals surface area contributed by atoms with E-state index < -0.39 is 34.7 Å². The van der Waals surface area contributed by atoms with Gasteiger partial charge in [0, 0.05) is 11.1 Å². The summed E-state index contributed by atoms with van der Waals surface area (Å²) in [7, 11) is 0. The molecule has 0 spiro atoms. The molecule has 0 bridgehead atoms. The number of alkyl halides is 3. The highest BCUT2D eigenvalue weighted by Gasteiger charge is 2.57. The Morgan fingerprint density at radius 3 is 2.35 bits per heavy atom. The zero-order valence-electron chi connectivity index (χ0n) is 12.0. The molecule has 2 fully saturated rings. The number of anilines is 1. The van der Waals surface area contributed by atoms with Crippen LogP contribution in [0.1, 0.15) is 31.2 Å². The van der Waals surface area contributed by atoms with Crippen LogP contribution in [-0.4, -0.2) is 17.9 Å². The van der Waals surface area contributed by atoms with Gasteiger partial charge in [-0.05, 0) is 43.9 Å². The van der Waals surface area contributed by atoms with Crippen LogP contribution in [0.2, 0.25) is 5.02 Å². The van der Waals surface area contributed by atoms with Crippen molar-refractivity contribution in [2.24, 2.45) is 5.41 Å². The molecule has 1 aromatic rings. The third kappa shape index (κ3) is 3.29. The molecule has 4 nitrogen and oxygen atoms in total. The Labute approximate surface area is 135 Å². The summed E-state index contributed by atoms with van der Waals surface area (Å²) >= 11 is 5.60. The fourth-order valence-corrected chi connectivity index (χ4v) is 2.51. The van der Waals surface area contributed by atoms with Crippen molar-refractivity contribution in [3.8, 4) is 0 Å². The molecule has 0 heterocycles. The molecule has 3 rings (SSSR count). The Kier molecular flexibility index (Phi) is 3.78. The minimum atomic E-state index is -4.65. The molecule has 2 N–H and O–H groups in total. The lowest BCUT2D eigenvalue weighted by Gasteiger charge is -2.18. The van der Waals surface area contributed by atoms with E-state index in [2.05, 4.69) is 10.6 Å². The molecule has 0 aliphatic heterocycles. The quantitative estimate of drug-likeness (QED) is 0.821. The van der Waals surface area contributed by atoms with Crippen LogP contribution in [0.25, 0.3) is 0 Å². The molecular weight excluding hydrogens is 333 g/mol. The number of amides is 2. The monoisotopic (exact) mass is 346 g/mol. The van der Waals surface area contributed by atoms with Crippen LogP contribution < -0.4 is 10.6 Å². The first-order valence-corrected chi connectivity index (χ1v) is 7.59. The van der Waals surface area contributed by atoms with Gasteiger partial charge in [-0.15, -0.1) is 0 Å². The van der Waals surface area contributed by atoms with Gasteiger partial charge in [-0.25, -0.2) is 0 Å². The van der Waals surface area contributed by atoms with Gasteiger partial charge in [-0.1, -0.05) is 11.6 Å². The lowest BCUT2D eigenvalue weighted by atomic mass is 10.0. The highest BCUT2D eigenvalue weighted by atomic mass is 35.5. The minimum Gasteiger partial charge on any atom is -0.352 e. The topological polar surface area (TPSA) is 58.2 Å². The second-order valence-corrected chi connectivity index (χ2v) is 6.41. The third-order valence-corrected chi connectivity index (χ3v) is 4.30. The first kappa shape index (κ1) is 16.1. The van der Waals surface area contributed by atoms with Crippen LogP contribution in [0.3, 0.4) is 0 Å². The number of halogens is 4. The van der Waals surface area contributed by atoms with Crippen LogP contribution >= 0.6 is 11.6 Å². The van der Waals surface area contributed by atoms with Gasteiger partial charge in [0.2, 0.25) is 11.8 Å². The average Bonchev–Trinajstić information content (AvgIpc) is 3.33. The molecule has 2 aliphatic rings. The maximum Gasteiger partial charge on any atom is 0.418 e. The molecule has 1 aromatic carbocycles. The van der Waals surface area contributed by atoms with Crippen LogP contribution in [0.5, 0.6) is 0 Å². The maximum atomic E-state index is 13.0. The second kappa shape index (κ2) is 5.40. The number of benzene rings is 1. The number of nitrogens with one attached hydrogen (secondary N) is 2. The van der Waals surface area contributed by atoms with Gasteiger partial charge in [0.25, 0.3) is 0 Å². The largest absolute Gasteiger partial charge is 0.418 e. The fraction of sp³-hybridized carbons (Fsp3) is 0.467. The van der Waals surface area contributed by atoms with Crippen molar-refractivity contribution in [2.75, 3.05) is 5.32 Å². The summed E-state index contributed by atoms with van der Waals surface area (Å²) in [4.78, 5) is 24.5. The molecule has 0 radical (unpaired) electrons. The Hall–Kier alpha value is -1.76.